The molecule has 1 aromatic heterocycles. The third-order valence-corrected chi connectivity index (χ3v) is 5.37. The van der Waals surface area contributed by atoms with Crippen LogP contribution in [-0.4, -0.2) is 20.5 Å². The highest BCUT2D eigenvalue weighted by Crippen LogP contribution is 2.23. The SMILES string of the molecule is COCc1nc(CS(=O)(=O)c2ccccc2)sc1C#N. The third-order valence-electron chi connectivity index (χ3n) is 2.54. The Balaban J connectivity index is 2.29. The Bertz CT molecular complexity index is 731. The van der Waals surface area contributed by atoms with Gasteiger partial charge in [0.25, 0.3) is 0 Å². The number of hydrogen-bond donors (Lipinski definition) is 0. The average Bonchev–Trinajstić information content (AvgIpc) is 2.81. The predicted octanol–water partition coefficient (Wildman–Crippen LogP) is 2.14. The molecule has 7 heteroatoms. The van der Waals surface area contributed by atoms with Crippen LogP contribution < -0.4 is 0 Å². The molecule has 1 aromatic carbocycles. The number of aromatic nitrogens is 1. The highest BCUT2D eigenvalue weighted by molar-refractivity contribution is 7.90. The number of sulfone groups is 1. The van der Waals surface area contributed by atoms with Crippen molar-refractivity contribution in [2.24, 2.45) is 0 Å². The van der Waals surface area contributed by atoms with Gasteiger partial charge in [0.15, 0.2) is 9.84 Å². The molecular weight excluding hydrogens is 296 g/mol. The van der Waals surface area contributed by atoms with E-state index in [0.29, 0.717) is 15.6 Å². The van der Waals surface area contributed by atoms with Crippen LogP contribution in [0, 0.1) is 11.3 Å². The van der Waals surface area contributed by atoms with E-state index in [1.165, 1.54) is 7.11 Å². The normalized spacial score (nSPS) is 11.2. The highest BCUT2D eigenvalue weighted by Gasteiger charge is 2.19. The summed E-state index contributed by atoms with van der Waals surface area (Å²) in [7, 11) is -1.94. The first kappa shape index (κ1) is 14.7. The van der Waals surface area contributed by atoms with E-state index in [9.17, 15) is 8.42 Å². The van der Waals surface area contributed by atoms with Gasteiger partial charge in [-0.1, -0.05) is 18.2 Å². The standard InChI is InChI=1S/C13H12N2O3S2/c1-18-8-11-12(7-14)19-13(15-11)9-20(16,17)10-5-3-2-4-6-10/h2-6H,8-9H2,1H3. The molecule has 0 aliphatic rings. The van der Waals surface area contributed by atoms with Gasteiger partial charge in [-0.15, -0.1) is 11.3 Å². The lowest BCUT2D eigenvalue weighted by atomic mass is 10.4. The Morgan fingerprint density at radius 1 is 1.35 bits per heavy atom. The molecule has 20 heavy (non-hydrogen) atoms. The summed E-state index contributed by atoms with van der Waals surface area (Å²) in [4.78, 5) is 4.82. The van der Waals surface area contributed by atoms with Crippen molar-refractivity contribution in [2.45, 2.75) is 17.3 Å². The van der Waals surface area contributed by atoms with Crippen molar-refractivity contribution in [3.8, 4) is 6.07 Å². The Morgan fingerprint density at radius 3 is 2.65 bits per heavy atom. The minimum Gasteiger partial charge on any atom is -0.378 e. The first-order valence-electron chi connectivity index (χ1n) is 5.72. The summed E-state index contributed by atoms with van der Waals surface area (Å²) in [6.45, 7) is 0.199. The summed E-state index contributed by atoms with van der Waals surface area (Å²) >= 11 is 1.09. The lowest BCUT2D eigenvalue weighted by molar-refractivity contribution is 0.181. The molecule has 0 spiro atoms. The molecule has 0 aliphatic heterocycles. The van der Waals surface area contributed by atoms with E-state index in [-0.39, 0.29) is 17.3 Å². The van der Waals surface area contributed by atoms with Crippen LogP contribution in [0.15, 0.2) is 35.2 Å². The van der Waals surface area contributed by atoms with E-state index < -0.39 is 9.84 Å². The topological polar surface area (TPSA) is 80.0 Å². The van der Waals surface area contributed by atoms with E-state index in [1.54, 1.807) is 30.3 Å². The van der Waals surface area contributed by atoms with Crippen LogP contribution in [0.5, 0.6) is 0 Å². The monoisotopic (exact) mass is 308 g/mol. The molecule has 0 amide bonds. The highest BCUT2D eigenvalue weighted by atomic mass is 32.2. The van der Waals surface area contributed by atoms with Crippen molar-refractivity contribution < 1.29 is 13.2 Å². The van der Waals surface area contributed by atoms with Gasteiger partial charge in [0.05, 0.1) is 17.2 Å². The maximum atomic E-state index is 12.2. The summed E-state index contributed by atoms with van der Waals surface area (Å²) < 4.78 is 29.4. The van der Waals surface area contributed by atoms with Crippen molar-refractivity contribution in [3.63, 3.8) is 0 Å². The molecule has 0 aliphatic carbocycles. The molecule has 0 fully saturated rings. The number of hydrogen-bond acceptors (Lipinski definition) is 6. The predicted molar refractivity (Wildman–Crippen MR) is 74.9 cm³/mol. The second-order valence-corrected chi connectivity index (χ2v) is 7.07. The molecule has 0 saturated heterocycles. The zero-order valence-corrected chi connectivity index (χ0v) is 12.4. The van der Waals surface area contributed by atoms with Crippen LogP contribution in [-0.2, 0) is 26.9 Å². The largest absolute Gasteiger partial charge is 0.378 e. The van der Waals surface area contributed by atoms with Crippen molar-refractivity contribution in [3.05, 3.63) is 45.9 Å². The zero-order valence-electron chi connectivity index (χ0n) is 10.7. The van der Waals surface area contributed by atoms with Crippen LogP contribution in [0.25, 0.3) is 0 Å². The number of nitrogens with zero attached hydrogens (tertiary/aromatic N) is 2. The van der Waals surface area contributed by atoms with Crippen molar-refractivity contribution >= 4 is 21.2 Å². The van der Waals surface area contributed by atoms with Crippen LogP contribution in [0.1, 0.15) is 15.6 Å². The van der Waals surface area contributed by atoms with E-state index in [4.69, 9.17) is 10.00 Å². The number of rotatable bonds is 5. The fraction of sp³-hybridized carbons (Fsp3) is 0.231. The van der Waals surface area contributed by atoms with Gasteiger partial charge in [0, 0.05) is 7.11 Å². The zero-order chi connectivity index (χ0) is 14.6. The van der Waals surface area contributed by atoms with Crippen molar-refractivity contribution in [1.29, 1.82) is 5.26 Å². The number of nitriles is 1. The lowest BCUT2D eigenvalue weighted by Gasteiger charge is -2.01. The fourth-order valence-electron chi connectivity index (χ4n) is 1.66. The number of thiazole rings is 1. The van der Waals surface area contributed by atoms with Gasteiger partial charge in [-0.2, -0.15) is 5.26 Å². The quantitative estimate of drug-likeness (QED) is 0.845. The van der Waals surface area contributed by atoms with Crippen LogP contribution in [0.2, 0.25) is 0 Å². The summed E-state index contributed by atoms with van der Waals surface area (Å²) in [5, 5.41) is 9.39. The van der Waals surface area contributed by atoms with Crippen LogP contribution in [0.3, 0.4) is 0 Å². The lowest BCUT2D eigenvalue weighted by Crippen LogP contribution is -2.04. The first-order valence-corrected chi connectivity index (χ1v) is 8.19. The Morgan fingerprint density at radius 2 is 2.05 bits per heavy atom. The molecule has 0 unspecified atom stereocenters. The maximum Gasteiger partial charge on any atom is 0.184 e. The average molecular weight is 308 g/mol. The Labute approximate surface area is 121 Å². The molecular formula is C13H12N2O3S2. The van der Waals surface area contributed by atoms with Gasteiger partial charge in [-0.05, 0) is 12.1 Å². The molecule has 0 N–H and O–H groups in total. The number of benzene rings is 1. The molecule has 0 saturated carbocycles. The maximum absolute atomic E-state index is 12.2. The van der Waals surface area contributed by atoms with Gasteiger partial charge in [-0.25, -0.2) is 13.4 Å². The van der Waals surface area contributed by atoms with E-state index in [1.807, 2.05) is 6.07 Å². The smallest absolute Gasteiger partial charge is 0.184 e. The Hall–Kier alpha value is -1.75. The Kier molecular flexibility index (Phi) is 4.49. The van der Waals surface area contributed by atoms with Gasteiger partial charge in [0.2, 0.25) is 0 Å². The molecule has 0 radical (unpaired) electrons. The summed E-state index contributed by atoms with van der Waals surface area (Å²) in [5.74, 6) is -0.208. The first-order chi connectivity index (χ1) is 9.56. The third kappa shape index (κ3) is 3.22. The summed E-state index contributed by atoms with van der Waals surface area (Å²) in [6, 6.07) is 10.2. The van der Waals surface area contributed by atoms with E-state index in [0.717, 1.165) is 11.3 Å². The van der Waals surface area contributed by atoms with Gasteiger partial charge >= 0.3 is 0 Å². The van der Waals surface area contributed by atoms with Crippen molar-refractivity contribution in [2.75, 3.05) is 7.11 Å². The number of methoxy groups -OCH3 is 1. The number of ether oxygens (including phenoxy) is 1. The van der Waals surface area contributed by atoms with Gasteiger partial charge in [-0.3, -0.25) is 0 Å². The minimum absolute atomic E-state index is 0.199. The van der Waals surface area contributed by atoms with E-state index >= 15 is 0 Å². The minimum atomic E-state index is -3.44. The van der Waals surface area contributed by atoms with Crippen molar-refractivity contribution in [1.82, 2.24) is 4.98 Å². The summed E-state index contributed by atoms with van der Waals surface area (Å²) in [6.07, 6.45) is 0. The molecule has 1 heterocycles. The second kappa shape index (κ2) is 6.13. The molecule has 0 bridgehead atoms. The van der Waals surface area contributed by atoms with Gasteiger partial charge < -0.3 is 4.74 Å². The van der Waals surface area contributed by atoms with E-state index in [2.05, 4.69) is 4.98 Å². The molecule has 104 valence electrons. The van der Waals surface area contributed by atoms with Crippen LogP contribution in [0.4, 0.5) is 0 Å². The summed E-state index contributed by atoms with van der Waals surface area (Å²) in [5.41, 5.74) is 0.485. The molecule has 2 rings (SSSR count). The molecule has 5 nitrogen and oxygen atoms in total. The van der Waals surface area contributed by atoms with Crippen LogP contribution >= 0.6 is 11.3 Å². The second-order valence-electron chi connectivity index (χ2n) is 4.00. The molecule has 2 aromatic rings. The fourth-order valence-corrected chi connectivity index (χ4v) is 4.15. The molecule has 0 atom stereocenters. The van der Waals surface area contributed by atoms with Gasteiger partial charge in [0.1, 0.15) is 21.7 Å².